The van der Waals surface area contributed by atoms with Crippen molar-refractivity contribution in [2.24, 2.45) is 10.2 Å². The van der Waals surface area contributed by atoms with Gasteiger partial charge in [-0.15, -0.1) is 5.10 Å². The number of carbonyl (C=O) groups excluding carboxylic acids is 1. The Hall–Kier alpha value is -3.92. The van der Waals surface area contributed by atoms with Crippen molar-refractivity contribution in [3.05, 3.63) is 89.0 Å². The quantitative estimate of drug-likeness (QED) is 0.125. The van der Waals surface area contributed by atoms with Crippen molar-refractivity contribution in [3.63, 3.8) is 0 Å². The highest BCUT2D eigenvalue weighted by Gasteiger charge is 2.25. The number of urea groups is 1. The maximum absolute atomic E-state index is 13.8. The highest BCUT2D eigenvalue weighted by atomic mass is 32.2. The summed E-state index contributed by atoms with van der Waals surface area (Å²) in [5.41, 5.74) is 8.05. The van der Waals surface area contributed by atoms with Crippen LogP contribution in [0.25, 0.3) is 11.1 Å². The Labute approximate surface area is 253 Å². The molecule has 2 amide bonds. The molecule has 1 fully saturated rings. The van der Waals surface area contributed by atoms with Gasteiger partial charge in [-0.3, -0.25) is 4.90 Å². The van der Waals surface area contributed by atoms with E-state index in [1.807, 2.05) is 34.1 Å². The molecule has 43 heavy (non-hydrogen) atoms. The number of fused-ring (bicyclic) bond motifs is 1. The van der Waals surface area contributed by atoms with Crippen molar-refractivity contribution in [3.8, 4) is 11.1 Å². The van der Waals surface area contributed by atoms with E-state index in [0.717, 1.165) is 47.8 Å². The number of methoxy groups -OCH3 is 1. The minimum Gasteiger partial charge on any atom is -0.479 e. The second kappa shape index (κ2) is 14.5. The minimum absolute atomic E-state index is 0.0334. The molecular weight excluding hydrogens is 573 g/mol. The van der Waals surface area contributed by atoms with Gasteiger partial charge in [0.25, 0.3) is 0 Å². The number of aryl methyl sites for hydroxylation is 2. The van der Waals surface area contributed by atoms with Gasteiger partial charge in [0.1, 0.15) is 0 Å². The summed E-state index contributed by atoms with van der Waals surface area (Å²) in [4.78, 5) is 17.6. The number of alkyl halides is 3. The van der Waals surface area contributed by atoms with Crippen LogP contribution in [0.5, 0.6) is 0 Å². The fourth-order valence-corrected chi connectivity index (χ4v) is 6.29. The summed E-state index contributed by atoms with van der Waals surface area (Å²) in [6, 6.07) is 23.1. The second-order valence-corrected chi connectivity index (χ2v) is 12.5. The molecule has 2 aliphatic rings. The molecule has 0 aromatic heterocycles. The first-order chi connectivity index (χ1) is 20.6. The van der Waals surface area contributed by atoms with Gasteiger partial charge in [-0.2, -0.15) is 28.8 Å². The van der Waals surface area contributed by atoms with Gasteiger partial charge in [0.2, 0.25) is 5.90 Å². The minimum atomic E-state index is -4.00. The van der Waals surface area contributed by atoms with Crippen LogP contribution in [0.3, 0.4) is 0 Å². The molecule has 228 valence electrons. The third kappa shape index (κ3) is 9.03. The standard InChI is InChI=1S/C31H34N4O2S.C2H3F3/c1-32-33-30(37-2)26-9-7-23(8-10-26)22-35(31(36)34-17-19-38(3)20-18-34)29-15-13-25(14-16-29)28-12-11-24-5-4-6-27(24)21-28;1-2(3,4)5/h7-16,21H,1,3-6,17-20,22H2,2H3;1H3/b33-30-;. The zero-order valence-corrected chi connectivity index (χ0v) is 25.4. The van der Waals surface area contributed by atoms with Crippen LogP contribution in [0.2, 0.25) is 0 Å². The number of nitrogens with zero attached hydrogens (tertiary/aromatic N) is 4. The van der Waals surface area contributed by atoms with E-state index in [1.54, 1.807) is 7.11 Å². The molecule has 1 aliphatic carbocycles. The van der Waals surface area contributed by atoms with E-state index in [-0.39, 0.29) is 23.4 Å². The molecule has 10 heteroatoms. The van der Waals surface area contributed by atoms with Crippen LogP contribution in [0.4, 0.5) is 23.7 Å². The van der Waals surface area contributed by atoms with Crippen LogP contribution < -0.4 is 4.90 Å². The molecule has 0 atom stereocenters. The number of rotatable bonds is 6. The van der Waals surface area contributed by atoms with Crippen molar-refractivity contribution in [2.45, 2.75) is 38.9 Å². The molecule has 0 N–H and O–H groups in total. The largest absolute Gasteiger partial charge is 0.479 e. The van der Waals surface area contributed by atoms with E-state index in [0.29, 0.717) is 12.4 Å². The molecule has 5 rings (SSSR count). The summed E-state index contributed by atoms with van der Waals surface area (Å²) in [7, 11) is 1.70. The van der Waals surface area contributed by atoms with Gasteiger partial charge in [0.15, 0.2) is 0 Å². The highest BCUT2D eigenvalue weighted by Crippen LogP contribution is 2.30. The van der Waals surface area contributed by atoms with Crippen LogP contribution in [0.1, 0.15) is 35.6 Å². The van der Waals surface area contributed by atoms with Crippen molar-refractivity contribution in [2.75, 3.05) is 36.6 Å². The molecule has 6 nitrogen and oxygen atoms in total. The maximum atomic E-state index is 13.8. The number of hydrogen-bond donors (Lipinski definition) is 0. The van der Waals surface area contributed by atoms with Crippen molar-refractivity contribution in [1.82, 2.24) is 4.90 Å². The van der Waals surface area contributed by atoms with Crippen LogP contribution in [0.15, 0.2) is 76.9 Å². The lowest BCUT2D eigenvalue weighted by Crippen LogP contribution is -2.47. The number of amides is 2. The first-order valence-corrected chi connectivity index (χ1v) is 15.8. The van der Waals surface area contributed by atoms with Gasteiger partial charge < -0.3 is 9.64 Å². The topological polar surface area (TPSA) is 57.5 Å². The monoisotopic (exact) mass is 610 g/mol. The van der Waals surface area contributed by atoms with Gasteiger partial charge in [0.05, 0.1) is 13.7 Å². The molecule has 3 aromatic carbocycles. The predicted molar refractivity (Wildman–Crippen MR) is 173 cm³/mol. The number of ether oxygens (including phenoxy) is 1. The van der Waals surface area contributed by atoms with Crippen molar-refractivity contribution < 1.29 is 22.7 Å². The highest BCUT2D eigenvalue weighted by molar-refractivity contribution is 8.14. The lowest BCUT2D eigenvalue weighted by atomic mass is 10.0. The number of benzene rings is 3. The van der Waals surface area contributed by atoms with Crippen molar-refractivity contribution in [1.29, 1.82) is 0 Å². The lowest BCUT2D eigenvalue weighted by molar-refractivity contribution is -0.110. The summed E-state index contributed by atoms with van der Waals surface area (Å²) in [6.45, 7) is 5.55. The lowest BCUT2D eigenvalue weighted by Gasteiger charge is -2.34. The molecule has 1 heterocycles. The Morgan fingerprint density at radius 1 is 0.977 bits per heavy atom. The Kier molecular flexibility index (Phi) is 10.8. The van der Waals surface area contributed by atoms with E-state index >= 15 is 0 Å². The SMILES string of the molecule is C=N/N=C(\OC)c1ccc(CN(C(=O)N2CCS(=C)CC2)c2ccc(-c3ccc4c(c3)CCC4)cc2)cc1.CC(F)(F)F. The normalized spacial score (nSPS) is 15.3. The van der Waals surface area contributed by atoms with Crippen LogP contribution >= 0.6 is 10.5 Å². The Morgan fingerprint density at radius 2 is 1.58 bits per heavy atom. The van der Waals surface area contributed by atoms with Gasteiger partial charge >= 0.3 is 12.2 Å². The molecule has 0 bridgehead atoms. The molecule has 1 aliphatic heterocycles. The molecule has 0 saturated carbocycles. The first kappa shape index (κ1) is 32.0. The molecule has 1 saturated heterocycles. The zero-order chi connectivity index (χ0) is 31.0. The Bertz CT molecular complexity index is 1450. The molecule has 0 unspecified atom stereocenters. The van der Waals surface area contributed by atoms with Crippen molar-refractivity contribution >= 4 is 40.7 Å². The number of hydrogen-bond acceptors (Lipinski definition) is 4. The number of carbonyl (C=O) groups is 1. The smallest absolute Gasteiger partial charge is 0.386 e. The van der Waals surface area contributed by atoms with Gasteiger partial charge in [-0.25, -0.2) is 4.79 Å². The fraction of sp³-hybridized carbons (Fsp3) is 0.333. The molecule has 3 aromatic rings. The van der Waals surface area contributed by atoms with Gasteiger partial charge in [-0.1, -0.05) is 48.3 Å². The third-order valence-electron chi connectivity index (χ3n) is 7.31. The molecule has 0 spiro atoms. The predicted octanol–water partition coefficient (Wildman–Crippen LogP) is 7.56. The van der Waals surface area contributed by atoms with Crippen LogP contribution in [-0.2, 0) is 24.1 Å². The molecular formula is C33H37F3N4O2S. The summed E-state index contributed by atoms with van der Waals surface area (Å²) < 4.78 is 36.4. The van der Waals surface area contributed by atoms with E-state index in [2.05, 4.69) is 65.3 Å². The number of anilines is 1. The fourth-order valence-electron chi connectivity index (χ4n) is 5.12. The van der Waals surface area contributed by atoms with E-state index < -0.39 is 6.18 Å². The van der Waals surface area contributed by atoms with E-state index in [1.165, 1.54) is 35.1 Å². The summed E-state index contributed by atoms with van der Waals surface area (Å²) in [5, 5.41) is 7.50. The van der Waals surface area contributed by atoms with Gasteiger partial charge in [0, 0.05) is 49.5 Å². The van der Waals surface area contributed by atoms with E-state index in [4.69, 9.17) is 4.74 Å². The first-order valence-electron chi connectivity index (χ1n) is 14.1. The van der Waals surface area contributed by atoms with Crippen LogP contribution in [-0.4, -0.2) is 67.3 Å². The van der Waals surface area contributed by atoms with E-state index in [9.17, 15) is 18.0 Å². The Balaban J connectivity index is 0.000000782. The number of halogens is 3. The summed E-state index contributed by atoms with van der Waals surface area (Å²) in [6.07, 6.45) is -0.412. The van der Waals surface area contributed by atoms with Crippen LogP contribution in [0, 0.1) is 0 Å². The third-order valence-corrected chi connectivity index (χ3v) is 8.83. The Morgan fingerprint density at radius 3 is 2.19 bits per heavy atom. The zero-order valence-electron chi connectivity index (χ0n) is 24.6. The summed E-state index contributed by atoms with van der Waals surface area (Å²) in [5.74, 6) is 6.53. The maximum Gasteiger partial charge on any atom is 0.386 e. The average Bonchev–Trinajstić information content (AvgIpc) is 3.47. The molecule has 0 radical (unpaired) electrons. The second-order valence-electron chi connectivity index (χ2n) is 10.5. The summed E-state index contributed by atoms with van der Waals surface area (Å²) >= 11 is 0. The average molecular weight is 611 g/mol. The van der Waals surface area contributed by atoms with Gasteiger partial charge in [-0.05, 0) is 71.3 Å².